The van der Waals surface area contributed by atoms with Gasteiger partial charge in [-0.25, -0.2) is 0 Å². The van der Waals surface area contributed by atoms with Crippen LogP contribution in [-0.2, 0) is 27.5 Å². The molecular weight excluding hydrogens is 334 g/mol. The molecule has 2 N–H and O–H groups in total. The van der Waals surface area contributed by atoms with Crippen molar-refractivity contribution in [2.45, 2.75) is 44.8 Å². The first-order valence-electron chi connectivity index (χ1n) is 9.12. The molecule has 26 heavy (non-hydrogen) atoms. The van der Waals surface area contributed by atoms with Crippen LogP contribution in [-0.4, -0.2) is 58.4 Å². The van der Waals surface area contributed by atoms with Gasteiger partial charge in [0, 0.05) is 26.1 Å². The molecule has 3 rings (SSSR count). The van der Waals surface area contributed by atoms with Gasteiger partial charge in [0.25, 0.3) is 0 Å². The van der Waals surface area contributed by atoms with Crippen LogP contribution in [0.3, 0.4) is 0 Å². The van der Waals surface area contributed by atoms with Gasteiger partial charge in [-0.15, -0.1) is 0 Å². The summed E-state index contributed by atoms with van der Waals surface area (Å²) in [6.07, 6.45) is 2.91. The summed E-state index contributed by atoms with van der Waals surface area (Å²) in [6, 6.07) is 7.22. The Morgan fingerprint density at radius 2 is 1.92 bits per heavy atom. The van der Waals surface area contributed by atoms with E-state index in [1.54, 1.807) is 4.90 Å². The van der Waals surface area contributed by atoms with Gasteiger partial charge < -0.3 is 15.3 Å². The largest absolute Gasteiger partial charge is 0.480 e. The van der Waals surface area contributed by atoms with Crippen LogP contribution in [0.5, 0.6) is 0 Å². The molecular formula is C19H25N3O4. The Kier molecular flexibility index (Phi) is 5.88. The summed E-state index contributed by atoms with van der Waals surface area (Å²) in [5.74, 6) is -0.862. The average Bonchev–Trinajstić information content (AvgIpc) is 3.23. The Hall–Kier alpha value is -2.41. The van der Waals surface area contributed by atoms with Crippen molar-refractivity contribution < 1.29 is 19.5 Å². The molecule has 1 atom stereocenters. The highest BCUT2D eigenvalue weighted by Gasteiger charge is 2.31. The molecule has 0 saturated carbocycles. The van der Waals surface area contributed by atoms with Gasteiger partial charge in [0.1, 0.15) is 6.04 Å². The predicted octanol–water partition coefficient (Wildman–Crippen LogP) is 0.974. The van der Waals surface area contributed by atoms with E-state index in [1.165, 1.54) is 0 Å². The first kappa shape index (κ1) is 18.4. The van der Waals surface area contributed by atoms with Crippen molar-refractivity contribution in [3.05, 3.63) is 35.4 Å². The van der Waals surface area contributed by atoms with E-state index in [9.17, 15) is 19.5 Å². The van der Waals surface area contributed by atoms with Crippen molar-refractivity contribution >= 4 is 17.8 Å². The highest BCUT2D eigenvalue weighted by atomic mass is 16.4. The van der Waals surface area contributed by atoms with Crippen LogP contribution in [0.1, 0.15) is 36.8 Å². The zero-order valence-corrected chi connectivity index (χ0v) is 14.8. The fourth-order valence-electron chi connectivity index (χ4n) is 3.69. The number of aliphatic carboxylic acids is 1. The van der Waals surface area contributed by atoms with E-state index in [1.807, 2.05) is 29.2 Å². The van der Waals surface area contributed by atoms with Gasteiger partial charge in [0.2, 0.25) is 11.8 Å². The SMILES string of the molecule is O=C(CN1CCCC1C(=O)O)NCc1ccccc1CN1CCCC1=O. The van der Waals surface area contributed by atoms with Gasteiger partial charge in [-0.3, -0.25) is 19.3 Å². The third-order valence-electron chi connectivity index (χ3n) is 5.12. The number of nitrogens with one attached hydrogen (secondary N) is 1. The van der Waals surface area contributed by atoms with E-state index in [-0.39, 0.29) is 18.4 Å². The molecule has 1 aromatic rings. The summed E-state index contributed by atoms with van der Waals surface area (Å²) >= 11 is 0. The lowest BCUT2D eigenvalue weighted by atomic mass is 10.1. The van der Waals surface area contributed by atoms with E-state index in [0.717, 1.165) is 30.5 Å². The molecule has 0 radical (unpaired) electrons. The van der Waals surface area contributed by atoms with Crippen LogP contribution >= 0.6 is 0 Å². The zero-order chi connectivity index (χ0) is 18.5. The van der Waals surface area contributed by atoms with Crippen LogP contribution in [0.4, 0.5) is 0 Å². The van der Waals surface area contributed by atoms with Crippen molar-refractivity contribution in [2.75, 3.05) is 19.6 Å². The average molecular weight is 359 g/mol. The second-order valence-corrected chi connectivity index (χ2v) is 6.93. The van der Waals surface area contributed by atoms with Crippen LogP contribution < -0.4 is 5.32 Å². The number of benzene rings is 1. The highest BCUT2D eigenvalue weighted by Crippen LogP contribution is 2.18. The number of carboxylic acid groups (broad SMARTS) is 1. The van der Waals surface area contributed by atoms with Crippen molar-refractivity contribution in [1.82, 2.24) is 15.1 Å². The van der Waals surface area contributed by atoms with Gasteiger partial charge in [0.15, 0.2) is 0 Å². The van der Waals surface area contributed by atoms with E-state index in [4.69, 9.17) is 0 Å². The lowest BCUT2D eigenvalue weighted by Crippen LogP contribution is -2.42. The fourth-order valence-corrected chi connectivity index (χ4v) is 3.69. The summed E-state index contributed by atoms with van der Waals surface area (Å²) < 4.78 is 0. The molecule has 0 spiro atoms. The molecule has 0 aliphatic carbocycles. The number of carbonyl (C=O) groups excluding carboxylic acids is 2. The third kappa shape index (κ3) is 4.40. The summed E-state index contributed by atoms with van der Waals surface area (Å²) in [7, 11) is 0. The maximum Gasteiger partial charge on any atom is 0.320 e. The fraction of sp³-hybridized carbons (Fsp3) is 0.526. The minimum absolute atomic E-state index is 0.101. The molecule has 1 aromatic carbocycles. The minimum atomic E-state index is -0.865. The van der Waals surface area contributed by atoms with Gasteiger partial charge in [-0.1, -0.05) is 24.3 Å². The van der Waals surface area contributed by atoms with E-state index in [2.05, 4.69) is 5.32 Å². The molecule has 1 unspecified atom stereocenters. The lowest BCUT2D eigenvalue weighted by molar-refractivity contribution is -0.142. The number of likely N-dealkylation sites (tertiary alicyclic amines) is 2. The molecule has 2 heterocycles. The predicted molar refractivity (Wildman–Crippen MR) is 95.2 cm³/mol. The molecule has 0 bridgehead atoms. The van der Waals surface area contributed by atoms with Crippen molar-refractivity contribution in [2.24, 2.45) is 0 Å². The maximum atomic E-state index is 12.2. The number of rotatable bonds is 7. The molecule has 7 nitrogen and oxygen atoms in total. The Morgan fingerprint density at radius 3 is 2.62 bits per heavy atom. The number of carboxylic acids is 1. The molecule has 2 fully saturated rings. The molecule has 2 aliphatic rings. The lowest BCUT2D eigenvalue weighted by Gasteiger charge is -2.21. The Labute approximate surface area is 153 Å². The van der Waals surface area contributed by atoms with Crippen molar-refractivity contribution in [1.29, 1.82) is 0 Å². The quantitative estimate of drug-likeness (QED) is 0.757. The first-order chi connectivity index (χ1) is 12.5. The summed E-state index contributed by atoms with van der Waals surface area (Å²) in [4.78, 5) is 38.8. The van der Waals surface area contributed by atoms with Crippen molar-refractivity contribution in [3.63, 3.8) is 0 Å². The molecule has 2 aliphatic heterocycles. The molecule has 2 saturated heterocycles. The zero-order valence-electron chi connectivity index (χ0n) is 14.8. The van der Waals surface area contributed by atoms with E-state index >= 15 is 0 Å². The smallest absolute Gasteiger partial charge is 0.320 e. The monoisotopic (exact) mass is 359 g/mol. The number of carbonyl (C=O) groups is 3. The summed E-state index contributed by atoms with van der Waals surface area (Å²) in [6.45, 7) is 2.47. The topological polar surface area (TPSA) is 89.9 Å². The van der Waals surface area contributed by atoms with Gasteiger partial charge in [0.05, 0.1) is 6.54 Å². The second-order valence-electron chi connectivity index (χ2n) is 6.93. The minimum Gasteiger partial charge on any atom is -0.480 e. The third-order valence-corrected chi connectivity index (χ3v) is 5.12. The van der Waals surface area contributed by atoms with Crippen LogP contribution in [0.25, 0.3) is 0 Å². The number of amides is 2. The molecule has 0 aromatic heterocycles. The van der Waals surface area contributed by atoms with E-state index in [0.29, 0.717) is 32.5 Å². The Bertz CT molecular complexity index is 691. The Morgan fingerprint density at radius 1 is 1.15 bits per heavy atom. The van der Waals surface area contributed by atoms with Gasteiger partial charge >= 0.3 is 5.97 Å². The number of hydrogen-bond donors (Lipinski definition) is 2. The standard InChI is InChI=1S/C19H25N3O4/c23-17(13-21-9-3-7-16(21)19(25)26)20-11-14-5-1-2-6-15(14)12-22-10-4-8-18(22)24/h1-2,5-6,16H,3-4,7-13H2,(H,20,23)(H,25,26). The van der Waals surface area contributed by atoms with Crippen molar-refractivity contribution in [3.8, 4) is 0 Å². The Balaban J connectivity index is 1.55. The number of hydrogen-bond acceptors (Lipinski definition) is 4. The van der Waals surface area contributed by atoms with Gasteiger partial charge in [-0.05, 0) is 36.9 Å². The van der Waals surface area contributed by atoms with Crippen LogP contribution in [0.2, 0.25) is 0 Å². The first-order valence-corrected chi connectivity index (χ1v) is 9.12. The molecule has 7 heteroatoms. The highest BCUT2D eigenvalue weighted by molar-refractivity contribution is 5.80. The number of nitrogens with zero attached hydrogens (tertiary/aromatic N) is 2. The van der Waals surface area contributed by atoms with Crippen LogP contribution in [0.15, 0.2) is 24.3 Å². The summed E-state index contributed by atoms with van der Waals surface area (Å²) in [5.41, 5.74) is 2.02. The molecule has 2 amide bonds. The van der Waals surface area contributed by atoms with Crippen LogP contribution in [0, 0.1) is 0 Å². The molecule has 140 valence electrons. The second kappa shape index (κ2) is 8.31. The van der Waals surface area contributed by atoms with E-state index < -0.39 is 12.0 Å². The van der Waals surface area contributed by atoms with Gasteiger partial charge in [-0.2, -0.15) is 0 Å². The summed E-state index contributed by atoms with van der Waals surface area (Å²) in [5, 5.41) is 12.1. The maximum absolute atomic E-state index is 12.2. The normalized spacial score (nSPS) is 20.5.